The van der Waals surface area contributed by atoms with Crippen LogP contribution in [-0.4, -0.2) is 38.2 Å². The number of carbonyl (C=O) groups excluding carboxylic acids is 2. The minimum absolute atomic E-state index is 0.183. The molecule has 0 heterocycles. The van der Waals surface area contributed by atoms with Gasteiger partial charge >= 0.3 is 5.97 Å². The number of ether oxygens (including phenoxy) is 3. The minimum Gasteiger partial charge on any atom is -0.490 e. The lowest BCUT2D eigenvalue weighted by atomic mass is 10.0. The van der Waals surface area contributed by atoms with Crippen molar-refractivity contribution in [1.82, 2.24) is 5.32 Å². The van der Waals surface area contributed by atoms with Gasteiger partial charge in [-0.15, -0.1) is 0 Å². The molecule has 0 radical (unpaired) electrons. The van der Waals surface area contributed by atoms with E-state index in [0.717, 1.165) is 0 Å². The number of amides is 1. The number of esters is 1. The molecule has 1 atom stereocenters. The minimum atomic E-state index is -0.600. The average molecular weight is 351 g/mol. The van der Waals surface area contributed by atoms with Crippen molar-refractivity contribution in [3.8, 4) is 11.5 Å². The van der Waals surface area contributed by atoms with Gasteiger partial charge in [-0.25, -0.2) is 4.79 Å². The van der Waals surface area contributed by atoms with Crippen molar-refractivity contribution in [1.29, 1.82) is 0 Å². The maximum absolute atomic E-state index is 12.0. The van der Waals surface area contributed by atoms with E-state index in [4.69, 9.17) is 14.2 Å². The molecule has 0 saturated carbocycles. The van der Waals surface area contributed by atoms with Gasteiger partial charge in [0.15, 0.2) is 11.5 Å². The van der Waals surface area contributed by atoms with E-state index in [-0.39, 0.29) is 18.2 Å². The topological polar surface area (TPSA) is 73.9 Å². The Bertz CT molecular complexity index is 544. The highest BCUT2D eigenvalue weighted by molar-refractivity contribution is 5.84. The normalized spacial score (nSPS) is 11.7. The first-order valence-corrected chi connectivity index (χ1v) is 8.69. The van der Waals surface area contributed by atoms with Crippen LogP contribution >= 0.6 is 0 Å². The molecule has 0 bridgehead atoms. The first kappa shape index (κ1) is 20.8. The smallest absolute Gasteiger partial charge is 0.328 e. The Labute approximate surface area is 149 Å². The Morgan fingerprint density at radius 2 is 1.76 bits per heavy atom. The number of methoxy groups -OCH3 is 1. The number of hydrogen-bond donors (Lipinski definition) is 1. The van der Waals surface area contributed by atoms with Gasteiger partial charge in [-0.2, -0.15) is 0 Å². The van der Waals surface area contributed by atoms with E-state index in [2.05, 4.69) is 5.32 Å². The maximum atomic E-state index is 12.0. The number of nitrogens with one attached hydrogen (secondary N) is 1. The van der Waals surface area contributed by atoms with E-state index in [1.54, 1.807) is 0 Å². The molecule has 0 fully saturated rings. The second-order valence-electron chi connectivity index (χ2n) is 6.10. The van der Waals surface area contributed by atoms with E-state index in [1.165, 1.54) is 7.11 Å². The van der Waals surface area contributed by atoms with Crippen molar-refractivity contribution >= 4 is 11.9 Å². The van der Waals surface area contributed by atoms with E-state index < -0.39 is 12.0 Å². The van der Waals surface area contributed by atoms with E-state index in [1.807, 2.05) is 45.0 Å². The van der Waals surface area contributed by atoms with Crippen LogP contribution in [0.3, 0.4) is 0 Å². The van der Waals surface area contributed by atoms with Crippen molar-refractivity contribution in [3.05, 3.63) is 24.3 Å². The number of carbonyl (C=O) groups is 2. The molecule has 0 spiro atoms. The van der Waals surface area contributed by atoms with Crippen LogP contribution in [0.2, 0.25) is 0 Å². The SMILES string of the molecule is CCOc1ccccc1OCCCC(=O)NC(CC(C)C)C(=O)OC. The summed E-state index contributed by atoms with van der Waals surface area (Å²) in [6.07, 6.45) is 1.38. The Kier molecular flexibility index (Phi) is 9.43. The lowest BCUT2D eigenvalue weighted by Gasteiger charge is -2.18. The molecule has 6 nitrogen and oxygen atoms in total. The van der Waals surface area contributed by atoms with Crippen LogP contribution in [0, 0.1) is 5.92 Å². The Balaban J connectivity index is 2.40. The van der Waals surface area contributed by atoms with Crippen LogP contribution in [0.4, 0.5) is 0 Å². The first-order valence-electron chi connectivity index (χ1n) is 8.69. The summed E-state index contributed by atoms with van der Waals surface area (Å²) in [7, 11) is 1.32. The summed E-state index contributed by atoms with van der Waals surface area (Å²) >= 11 is 0. The number of hydrogen-bond acceptors (Lipinski definition) is 5. The summed E-state index contributed by atoms with van der Waals surface area (Å²) in [6.45, 7) is 6.85. The van der Waals surface area contributed by atoms with Crippen molar-refractivity contribution in [2.24, 2.45) is 5.92 Å². The monoisotopic (exact) mass is 351 g/mol. The molecule has 0 aliphatic rings. The molecule has 1 aromatic rings. The zero-order chi connectivity index (χ0) is 18.7. The molecular formula is C19H29NO5. The van der Waals surface area contributed by atoms with E-state index in [9.17, 15) is 9.59 Å². The van der Waals surface area contributed by atoms with Crippen LogP contribution in [0.15, 0.2) is 24.3 Å². The summed E-state index contributed by atoms with van der Waals surface area (Å²) in [4.78, 5) is 23.8. The molecule has 1 rings (SSSR count). The third kappa shape index (κ3) is 7.92. The molecule has 1 unspecified atom stereocenters. The zero-order valence-corrected chi connectivity index (χ0v) is 15.5. The molecule has 6 heteroatoms. The van der Waals surface area contributed by atoms with E-state index in [0.29, 0.717) is 37.6 Å². The van der Waals surface area contributed by atoms with E-state index >= 15 is 0 Å². The third-order valence-corrected chi connectivity index (χ3v) is 3.48. The molecule has 1 amide bonds. The Hall–Kier alpha value is -2.24. The zero-order valence-electron chi connectivity index (χ0n) is 15.5. The number of rotatable bonds is 11. The van der Waals surface area contributed by atoms with Crippen molar-refractivity contribution < 1.29 is 23.8 Å². The molecule has 0 aliphatic heterocycles. The van der Waals surface area contributed by atoms with Crippen LogP contribution in [0.5, 0.6) is 11.5 Å². The fourth-order valence-electron chi connectivity index (χ4n) is 2.35. The summed E-state index contributed by atoms with van der Waals surface area (Å²) in [6, 6.07) is 6.83. The quantitative estimate of drug-likeness (QED) is 0.490. The van der Waals surface area contributed by atoms with Gasteiger partial charge in [0.25, 0.3) is 0 Å². The van der Waals surface area contributed by atoms with Crippen LogP contribution in [-0.2, 0) is 14.3 Å². The summed E-state index contributed by atoms with van der Waals surface area (Å²) < 4.78 is 15.9. The van der Waals surface area contributed by atoms with Gasteiger partial charge in [-0.3, -0.25) is 4.79 Å². The largest absolute Gasteiger partial charge is 0.490 e. The van der Waals surface area contributed by atoms with Crippen molar-refractivity contribution in [2.75, 3.05) is 20.3 Å². The molecule has 0 saturated heterocycles. The van der Waals surface area contributed by atoms with Gasteiger partial charge in [0.05, 0.1) is 20.3 Å². The fraction of sp³-hybridized carbons (Fsp3) is 0.579. The standard InChI is InChI=1S/C19H29NO5/c1-5-24-16-9-6-7-10-17(16)25-12-8-11-18(21)20-15(13-14(2)3)19(22)23-4/h6-7,9-10,14-15H,5,8,11-13H2,1-4H3,(H,20,21). The molecule has 0 aliphatic carbocycles. The highest BCUT2D eigenvalue weighted by atomic mass is 16.5. The highest BCUT2D eigenvalue weighted by Gasteiger charge is 2.22. The summed E-state index contributed by atoms with van der Waals surface area (Å²) in [5.41, 5.74) is 0. The average Bonchev–Trinajstić information content (AvgIpc) is 2.58. The second kappa shape index (κ2) is 11.3. The summed E-state index contributed by atoms with van der Waals surface area (Å²) in [5.74, 6) is 1.04. The molecule has 140 valence electrons. The second-order valence-corrected chi connectivity index (χ2v) is 6.10. The first-order chi connectivity index (χ1) is 12.0. The summed E-state index contributed by atoms with van der Waals surface area (Å²) in [5, 5.41) is 2.74. The number of para-hydroxylation sites is 2. The van der Waals surface area contributed by atoms with Crippen molar-refractivity contribution in [3.63, 3.8) is 0 Å². The van der Waals surface area contributed by atoms with Crippen molar-refractivity contribution in [2.45, 2.75) is 46.1 Å². The van der Waals surface area contributed by atoms with Gasteiger partial charge < -0.3 is 19.5 Å². The molecule has 0 aromatic heterocycles. The maximum Gasteiger partial charge on any atom is 0.328 e. The lowest BCUT2D eigenvalue weighted by Crippen LogP contribution is -2.42. The highest BCUT2D eigenvalue weighted by Crippen LogP contribution is 2.26. The van der Waals surface area contributed by atoms with Crippen LogP contribution in [0.25, 0.3) is 0 Å². The molecular weight excluding hydrogens is 322 g/mol. The van der Waals surface area contributed by atoms with Gasteiger partial charge in [-0.1, -0.05) is 26.0 Å². The van der Waals surface area contributed by atoms with Gasteiger partial charge in [0, 0.05) is 6.42 Å². The Morgan fingerprint density at radius 1 is 1.12 bits per heavy atom. The van der Waals surface area contributed by atoms with Crippen LogP contribution < -0.4 is 14.8 Å². The van der Waals surface area contributed by atoms with Gasteiger partial charge in [-0.05, 0) is 37.8 Å². The van der Waals surface area contributed by atoms with Crippen LogP contribution in [0.1, 0.15) is 40.0 Å². The lowest BCUT2D eigenvalue weighted by molar-refractivity contribution is -0.145. The molecule has 1 aromatic carbocycles. The predicted octanol–water partition coefficient (Wildman–Crippen LogP) is 2.95. The fourth-order valence-corrected chi connectivity index (χ4v) is 2.35. The molecule has 1 N–H and O–H groups in total. The predicted molar refractivity (Wildman–Crippen MR) is 95.7 cm³/mol. The number of benzene rings is 1. The van der Waals surface area contributed by atoms with Gasteiger partial charge in [0.1, 0.15) is 6.04 Å². The molecule has 25 heavy (non-hydrogen) atoms. The Morgan fingerprint density at radius 3 is 2.32 bits per heavy atom. The van der Waals surface area contributed by atoms with Gasteiger partial charge in [0.2, 0.25) is 5.91 Å². The third-order valence-electron chi connectivity index (χ3n) is 3.48.